The average molecular weight is 304 g/mol. The van der Waals surface area contributed by atoms with Crippen LogP contribution in [-0.2, 0) is 0 Å². The van der Waals surface area contributed by atoms with Gasteiger partial charge in [-0.3, -0.25) is 0 Å². The van der Waals surface area contributed by atoms with Crippen LogP contribution in [0.2, 0.25) is 0 Å². The number of rotatable bonds is 10. The second-order valence-corrected chi connectivity index (χ2v) is 6.17. The third kappa shape index (κ3) is 5.48. The standard InChI is InChI=1S/C17H24N2OS/c1-3-10-19(2)11-6-4-5-7-12-20-16-9-8-15-14-18-21-17(15)13-16/h3,8-9,13-14H,1,4-7,10-12H2,2H3. The summed E-state index contributed by atoms with van der Waals surface area (Å²) in [5.74, 6) is 0.956. The topological polar surface area (TPSA) is 25.4 Å². The van der Waals surface area contributed by atoms with Gasteiger partial charge in [-0.1, -0.05) is 18.9 Å². The molecule has 1 aromatic carbocycles. The molecule has 0 radical (unpaired) electrons. The third-order valence-electron chi connectivity index (χ3n) is 3.47. The Hall–Kier alpha value is -1.39. The lowest BCUT2D eigenvalue weighted by Gasteiger charge is -2.13. The van der Waals surface area contributed by atoms with Crippen LogP contribution in [0.3, 0.4) is 0 Å². The van der Waals surface area contributed by atoms with Gasteiger partial charge in [-0.05, 0) is 56.2 Å². The van der Waals surface area contributed by atoms with Crippen LogP contribution < -0.4 is 4.74 Å². The summed E-state index contributed by atoms with van der Waals surface area (Å²) in [4.78, 5) is 2.30. The number of benzene rings is 1. The Kier molecular flexibility index (Phi) is 6.70. The van der Waals surface area contributed by atoms with E-state index in [1.165, 1.54) is 40.9 Å². The molecule has 2 rings (SSSR count). The molecule has 0 saturated carbocycles. The lowest BCUT2D eigenvalue weighted by Crippen LogP contribution is -2.19. The van der Waals surface area contributed by atoms with Crippen molar-refractivity contribution in [3.63, 3.8) is 0 Å². The predicted molar refractivity (Wildman–Crippen MR) is 91.3 cm³/mol. The number of nitrogens with zero attached hydrogens (tertiary/aromatic N) is 2. The minimum atomic E-state index is 0.798. The van der Waals surface area contributed by atoms with Crippen molar-refractivity contribution in [3.05, 3.63) is 37.1 Å². The number of hydrogen-bond acceptors (Lipinski definition) is 4. The Labute approximate surface area is 131 Å². The first-order valence-corrected chi connectivity index (χ1v) is 8.33. The lowest BCUT2D eigenvalue weighted by molar-refractivity contribution is 0.300. The number of unbranched alkanes of at least 4 members (excludes halogenated alkanes) is 3. The van der Waals surface area contributed by atoms with Crippen LogP contribution in [-0.4, -0.2) is 36.0 Å². The maximum atomic E-state index is 5.80. The van der Waals surface area contributed by atoms with E-state index in [-0.39, 0.29) is 0 Å². The fourth-order valence-electron chi connectivity index (χ4n) is 2.27. The quantitative estimate of drug-likeness (QED) is 0.482. The van der Waals surface area contributed by atoms with Crippen LogP contribution in [0.5, 0.6) is 5.75 Å². The normalized spacial score (nSPS) is 11.1. The molecule has 0 aliphatic carbocycles. The highest BCUT2D eigenvalue weighted by Gasteiger charge is 2.00. The van der Waals surface area contributed by atoms with Crippen molar-refractivity contribution in [2.75, 3.05) is 26.7 Å². The highest BCUT2D eigenvalue weighted by atomic mass is 32.1. The number of fused-ring (bicyclic) bond motifs is 1. The van der Waals surface area contributed by atoms with Gasteiger partial charge in [0.05, 0.1) is 11.3 Å². The maximum Gasteiger partial charge on any atom is 0.120 e. The molecule has 0 N–H and O–H groups in total. The van der Waals surface area contributed by atoms with E-state index in [4.69, 9.17) is 4.74 Å². The van der Waals surface area contributed by atoms with Crippen LogP contribution >= 0.6 is 11.5 Å². The molecule has 0 spiro atoms. The van der Waals surface area contributed by atoms with E-state index in [1.807, 2.05) is 18.3 Å². The zero-order chi connectivity index (χ0) is 14.9. The average Bonchev–Trinajstić information content (AvgIpc) is 2.94. The van der Waals surface area contributed by atoms with E-state index in [2.05, 4.69) is 35.0 Å². The molecule has 0 unspecified atom stereocenters. The molecule has 2 aromatic rings. The van der Waals surface area contributed by atoms with Crippen LogP contribution in [0.1, 0.15) is 25.7 Å². The number of hydrogen-bond donors (Lipinski definition) is 0. The van der Waals surface area contributed by atoms with Crippen LogP contribution in [0.4, 0.5) is 0 Å². The Morgan fingerprint density at radius 2 is 2.14 bits per heavy atom. The Balaban J connectivity index is 1.56. The van der Waals surface area contributed by atoms with E-state index in [9.17, 15) is 0 Å². The number of likely N-dealkylation sites (N-methyl/N-ethyl adjacent to an activating group) is 1. The predicted octanol–water partition coefficient (Wildman–Crippen LogP) is 4.35. The summed E-state index contributed by atoms with van der Waals surface area (Å²) in [7, 11) is 2.14. The molecule has 0 aliphatic rings. The minimum absolute atomic E-state index is 0.798. The summed E-state index contributed by atoms with van der Waals surface area (Å²) in [5.41, 5.74) is 0. The zero-order valence-corrected chi connectivity index (χ0v) is 13.6. The smallest absolute Gasteiger partial charge is 0.120 e. The van der Waals surface area contributed by atoms with Gasteiger partial charge in [0.15, 0.2) is 0 Å². The highest BCUT2D eigenvalue weighted by molar-refractivity contribution is 7.13. The molecule has 0 fully saturated rings. The first-order valence-electron chi connectivity index (χ1n) is 7.56. The molecular weight excluding hydrogens is 280 g/mol. The van der Waals surface area contributed by atoms with Crippen molar-refractivity contribution in [1.29, 1.82) is 0 Å². The molecule has 1 heterocycles. The van der Waals surface area contributed by atoms with E-state index >= 15 is 0 Å². The van der Waals surface area contributed by atoms with E-state index < -0.39 is 0 Å². The molecule has 0 aliphatic heterocycles. The van der Waals surface area contributed by atoms with Gasteiger partial charge >= 0.3 is 0 Å². The van der Waals surface area contributed by atoms with Crippen molar-refractivity contribution >= 4 is 21.6 Å². The Bertz CT molecular complexity index is 552. The largest absolute Gasteiger partial charge is 0.494 e. The van der Waals surface area contributed by atoms with Crippen molar-refractivity contribution in [3.8, 4) is 5.75 Å². The molecule has 4 heteroatoms. The second kappa shape index (κ2) is 8.80. The van der Waals surface area contributed by atoms with Crippen LogP contribution in [0.25, 0.3) is 10.1 Å². The summed E-state index contributed by atoms with van der Waals surface area (Å²) in [5, 5.41) is 1.19. The molecule has 0 bridgehead atoms. The molecule has 3 nitrogen and oxygen atoms in total. The molecule has 1 aromatic heterocycles. The summed E-state index contributed by atoms with van der Waals surface area (Å²) in [6.45, 7) is 6.67. The lowest BCUT2D eigenvalue weighted by atomic mass is 10.2. The molecule has 0 atom stereocenters. The molecule has 0 saturated heterocycles. The van der Waals surface area contributed by atoms with Crippen molar-refractivity contribution in [2.24, 2.45) is 0 Å². The van der Waals surface area contributed by atoms with Crippen LogP contribution in [0.15, 0.2) is 37.1 Å². The van der Waals surface area contributed by atoms with E-state index in [1.54, 1.807) is 0 Å². The monoisotopic (exact) mass is 304 g/mol. The first kappa shape index (κ1) is 16.0. The summed E-state index contributed by atoms with van der Waals surface area (Å²) >= 11 is 1.52. The molecular formula is C17H24N2OS. The fraction of sp³-hybridized carbons (Fsp3) is 0.471. The first-order chi connectivity index (χ1) is 10.3. The molecule has 21 heavy (non-hydrogen) atoms. The highest BCUT2D eigenvalue weighted by Crippen LogP contribution is 2.23. The minimum Gasteiger partial charge on any atom is -0.494 e. The second-order valence-electron chi connectivity index (χ2n) is 5.34. The van der Waals surface area contributed by atoms with Gasteiger partial charge in [0.1, 0.15) is 5.75 Å². The van der Waals surface area contributed by atoms with Gasteiger partial charge in [-0.25, -0.2) is 0 Å². The van der Waals surface area contributed by atoms with Gasteiger partial charge in [0, 0.05) is 18.1 Å². The summed E-state index contributed by atoms with van der Waals surface area (Å²) in [6, 6.07) is 6.18. The Morgan fingerprint density at radius 3 is 3.00 bits per heavy atom. The summed E-state index contributed by atoms with van der Waals surface area (Å²) < 4.78 is 11.2. The number of ether oxygens (including phenoxy) is 1. The third-order valence-corrected chi connectivity index (χ3v) is 4.23. The fourth-order valence-corrected chi connectivity index (χ4v) is 2.94. The van der Waals surface area contributed by atoms with Gasteiger partial charge in [0.25, 0.3) is 0 Å². The van der Waals surface area contributed by atoms with Gasteiger partial charge in [-0.2, -0.15) is 4.37 Å². The zero-order valence-electron chi connectivity index (χ0n) is 12.8. The van der Waals surface area contributed by atoms with Gasteiger partial charge < -0.3 is 9.64 Å². The SMILES string of the molecule is C=CCN(C)CCCCCCOc1ccc2cnsc2c1. The van der Waals surface area contributed by atoms with Crippen molar-refractivity contribution < 1.29 is 4.74 Å². The summed E-state index contributed by atoms with van der Waals surface area (Å²) in [6.07, 6.45) is 8.70. The molecule has 114 valence electrons. The number of aromatic nitrogens is 1. The van der Waals surface area contributed by atoms with E-state index in [0.717, 1.165) is 31.9 Å². The van der Waals surface area contributed by atoms with E-state index in [0.29, 0.717) is 0 Å². The van der Waals surface area contributed by atoms with Crippen molar-refractivity contribution in [1.82, 2.24) is 9.27 Å². The van der Waals surface area contributed by atoms with Gasteiger partial charge in [-0.15, -0.1) is 6.58 Å². The molecule has 0 amide bonds. The Morgan fingerprint density at radius 1 is 1.29 bits per heavy atom. The van der Waals surface area contributed by atoms with Gasteiger partial charge in [0.2, 0.25) is 0 Å². The van der Waals surface area contributed by atoms with Crippen molar-refractivity contribution in [2.45, 2.75) is 25.7 Å². The van der Waals surface area contributed by atoms with Crippen LogP contribution in [0, 0.1) is 0 Å². The maximum absolute atomic E-state index is 5.80.